The van der Waals surface area contributed by atoms with E-state index in [4.69, 9.17) is 5.73 Å². The molecule has 0 aliphatic rings. The Hall–Kier alpha value is -2.45. The third-order valence-corrected chi connectivity index (χ3v) is 5.44. The van der Waals surface area contributed by atoms with Crippen LogP contribution in [0.1, 0.15) is 32.3 Å². The number of nitrogen functional groups attached to an aromatic ring is 1. The molecule has 0 saturated heterocycles. The molecule has 2 heterocycles. The van der Waals surface area contributed by atoms with Gasteiger partial charge in [-0.1, -0.05) is 32.9 Å². The zero-order valence-corrected chi connectivity index (χ0v) is 15.2. The van der Waals surface area contributed by atoms with E-state index in [2.05, 4.69) is 14.8 Å². The molecule has 3 rings (SSSR count). The molecule has 25 heavy (non-hydrogen) atoms. The molecule has 0 unspecified atom stereocenters. The first-order valence-corrected chi connectivity index (χ1v) is 9.56. The van der Waals surface area contributed by atoms with Crippen LogP contribution in [0.4, 0.5) is 5.82 Å². The highest BCUT2D eigenvalue weighted by atomic mass is 32.2. The number of nitrogens with one attached hydrogen (secondary N) is 1. The average molecular weight is 359 g/mol. The van der Waals surface area contributed by atoms with E-state index >= 15 is 0 Å². The van der Waals surface area contributed by atoms with Crippen LogP contribution in [0.15, 0.2) is 41.4 Å². The van der Waals surface area contributed by atoms with Crippen LogP contribution in [0, 0.1) is 0 Å². The topological polar surface area (TPSA) is 102 Å². The van der Waals surface area contributed by atoms with Crippen molar-refractivity contribution in [1.29, 1.82) is 0 Å². The number of hydrogen-bond acceptors (Lipinski definition) is 5. The van der Waals surface area contributed by atoms with Gasteiger partial charge in [0.2, 0.25) is 10.0 Å². The van der Waals surface area contributed by atoms with Crippen molar-refractivity contribution in [3.8, 4) is 11.3 Å². The number of fused-ring (bicyclic) bond motifs is 1. The lowest BCUT2D eigenvalue weighted by atomic mass is 10.1. The highest BCUT2D eigenvalue weighted by Gasteiger charge is 2.17. The predicted octanol–water partition coefficient (Wildman–Crippen LogP) is 2.40. The van der Waals surface area contributed by atoms with Crippen LogP contribution in [-0.2, 0) is 10.0 Å². The molecule has 1 aromatic carbocycles. The monoisotopic (exact) mass is 359 g/mol. The largest absolute Gasteiger partial charge is 0.382 e. The van der Waals surface area contributed by atoms with E-state index in [0.717, 1.165) is 11.1 Å². The van der Waals surface area contributed by atoms with Gasteiger partial charge in [0, 0.05) is 23.9 Å². The molecule has 7 nitrogen and oxygen atoms in total. The van der Waals surface area contributed by atoms with Gasteiger partial charge in [-0.15, -0.1) is 5.10 Å². The van der Waals surface area contributed by atoms with E-state index in [1.807, 2.05) is 19.9 Å². The summed E-state index contributed by atoms with van der Waals surface area (Å²) in [6, 6.07) is 8.52. The molecule has 0 spiro atoms. The van der Waals surface area contributed by atoms with Gasteiger partial charge in [-0.3, -0.25) is 0 Å². The molecular formula is C17H21N5O2S. The van der Waals surface area contributed by atoms with Gasteiger partial charge >= 0.3 is 0 Å². The van der Waals surface area contributed by atoms with E-state index < -0.39 is 10.0 Å². The number of hydrogen-bond donors (Lipinski definition) is 2. The van der Waals surface area contributed by atoms with Gasteiger partial charge in [-0.2, -0.15) is 0 Å². The van der Waals surface area contributed by atoms with E-state index in [9.17, 15) is 8.42 Å². The maximum Gasteiger partial charge on any atom is 0.240 e. The van der Waals surface area contributed by atoms with Gasteiger partial charge in [0.1, 0.15) is 0 Å². The van der Waals surface area contributed by atoms with Gasteiger partial charge in [-0.25, -0.2) is 22.6 Å². The molecule has 0 bridgehead atoms. The van der Waals surface area contributed by atoms with Crippen molar-refractivity contribution in [2.45, 2.75) is 31.6 Å². The molecule has 132 valence electrons. The first-order chi connectivity index (χ1) is 11.8. The number of rotatable bonds is 5. The third-order valence-electron chi connectivity index (χ3n) is 3.90. The second-order valence-electron chi connectivity index (χ2n) is 6.06. The van der Waals surface area contributed by atoms with E-state index in [1.165, 1.54) is 0 Å². The molecule has 8 heteroatoms. The van der Waals surface area contributed by atoms with Crippen LogP contribution in [0.2, 0.25) is 0 Å². The quantitative estimate of drug-likeness (QED) is 0.728. The van der Waals surface area contributed by atoms with Crippen LogP contribution in [-0.4, -0.2) is 29.6 Å². The van der Waals surface area contributed by atoms with E-state index in [0.29, 0.717) is 23.7 Å². The molecule has 3 N–H and O–H groups in total. The maximum atomic E-state index is 12.2. The summed E-state index contributed by atoms with van der Waals surface area (Å²) in [4.78, 5) is 4.88. The third kappa shape index (κ3) is 3.22. The van der Waals surface area contributed by atoms with Gasteiger partial charge in [-0.05, 0) is 24.1 Å². The van der Waals surface area contributed by atoms with Crippen molar-refractivity contribution in [1.82, 2.24) is 19.3 Å². The molecule has 3 aromatic rings. The fourth-order valence-electron chi connectivity index (χ4n) is 2.77. The average Bonchev–Trinajstić information content (AvgIpc) is 2.90. The smallest absolute Gasteiger partial charge is 0.240 e. The predicted molar refractivity (Wildman–Crippen MR) is 97.8 cm³/mol. The molecule has 0 aliphatic heterocycles. The standard InChI is InChI=1S/C17H21N5O2S/c1-4-19-25(23,24)13-7-5-6-12(10-13)14-8-9-22-17(20-14)15(11(2)3)16(18)21-22/h5-11,19H,4H2,1-3H3,(H2,18,21). The summed E-state index contributed by atoms with van der Waals surface area (Å²) in [5.74, 6) is 0.642. The summed E-state index contributed by atoms with van der Waals surface area (Å²) in [5.41, 5.74) is 8.96. The number of benzene rings is 1. The van der Waals surface area contributed by atoms with Crippen molar-refractivity contribution >= 4 is 21.5 Å². The zero-order valence-electron chi connectivity index (χ0n) is 14.4. The zero-order chi connectivity index (χ0) is 18.2. The summed E-state index contributed by atoms with van der Waals surface area (Å²) >= 11 is 0. The molecule has 0 amide bonds. The maximum absolute atomic E-state index is 12.2. The second kappa shape index (κ2) is 6.45. The fraction of sp³-hybridized carbons (Fsp3) is 0.294. The van der Waals surface area contributed by atoms with Crippen LogP contribution in [0.3, 0.4) is 0 Å². The number of anilines is 1. The molecule has 0 saturated carbocycles. The Morgan fingerprint density at radius 3 is 2.72 bits per heavy atom. The lowest BCUT2D eigenvalue weighted by Gasteiger charge is -2.08. The summed E-state index contributed by atoms with van der Waals surface area (Å²) < 4.78 is 28.6. The van der Waals surface area contributed by atoms with Crippen molar-refractivity contribution in [2.75, 3.05) is 12.3 Å². The van der Waals surface area contributed by atoms with Gasteiger partial charge in [0.25, 0.3) is 0 Å². The Morgan fingerprint density at radius 1 is 1.28 bits per heavy atom. The van der Waals surface area contributed by atoms with Crippen LogP contribution >= 0.6 is 0 Å². The minimum atomic E-state index is -3.52. The van der Waals surface area contributed by atoms with Crippen LogP contribution in [0.5, 0.6) is 0 Å². The summed E-state index contributed by atoms with van der Waals surface area (Å²) in [5, 5.41) is 4.28. The second-order valence-corrected chi connectivity index (χ2v) is 7.83. The van der Waals surface area contributed by atoms with Crippen molar-refractivity contribution in [3.05, 3.63) is 42.1 Å². The Bertz CT molecular complexity index is 1020. The number of nitrogens with zero attached hydrogens (tertiary/aromatic N) is 3. The lowest BCUT2D eigenvalue weighted by molar-refractivity contribution is 0.584. The van der Waals surface area contributed by atoms with Crippen molar-refractivity contribution in [3.63, 3.8) is 0 Å². The molecule has 0 fully saturated rings. The Morgan fingerprint density at radius 2 is 2.04 bits per heavy atom. The molecule has 0 atom stereocenters. The van der Waals surface area contributed by atoms with Crippen LogP contribution in [0.25, 0.3) is 16.9 Å². The van der Waals surface area contributed by atoms with Crippen molar-refractivity contribution in [2.24, 2.45) is 0 Å². The number of sulfonamides is 1. The molecular weight excluding hydrogens is 338 g/mol. The lowest BCUT2D eigenvalue weighted by Crippen LogP contribution is -2.23. The van der Waals surface area contributed by atoms with Crippen LogP contribution < -0.4 is 10.5 Å². The first kappa shape index (κ1) is 17.4. The minimum absolute atomic E-state index is 0.181. The summed E-state index contributed by atoms with van der Waals surface area (Å²) in [6.07, 6.45) is 1.78. The van der Waals surface area contributed by atoms with Gasteiger partial charge < -0.3 is 5.73 Å². The highest BCUT2D eigenvalue weighted by molar-refractivity contribution is 7.89. The summed E-state index contributed by atoms with van der Waals surface area (Å²) in [7, 11) is -3.52. The Balaban J connectivity index is 2.12. The molecule has 0 aliphatic carbocycles. The van der Waals surface area contributed by atoms with Gasteiger partial charge in [0.05, 0.1) is 10.6 Å². The number of nitrogens with two attached hydrogens (primary N) is 1. The van der Waals surface area contributed by atoms with Gasteiger partial charge in [0.15, 0.2) is 11.5 Å². The Labute approximate surface area is 146 Å². The SMILES string of the molecule is CCNS(=O)(=O)c1cccc(-c2ccn3nc(N)c(C(C)C)c3n2)c1. The summed E-state index contributed by atoms with van der Waals surface area (Å²) in [6.45, 7) is 6.15. The highest BCUT2D eigenvalue weighted by Crippen LogP contribution is 2.27. The fourth-order valence-corrected chi connectivity index (χ4v) is 3.86. The van der Waals surface area contributed by atoms with E-state index in [1.54, 1.807) is 41.9 Å². The van der Waals surface area contributed by atoms with Crippen molar-refractivity contribution < 1.29 is 8.42 Å². The van der Waals surface area contributed by atoms with E-state index in [-0.39, 0.29) is 10.8 Å². The minimum Gasteiger partial charge on any atom is -0.382 e. The normalized spacial score (nSPS) is 12.2. The molecule has 2 aromatic heterocycles. The Kier molecular flexibility index (Phi) is 4.49. The first-order valence-electron chi connectivity index (χ1n) is 8.08. The molecule has 0 radical (unpaired) electrons. The number of aromatic nitrogens is 3.